The lowest BCUT2D eigenvalue weighted by Gasteiger charge is -2.29. The molecule has 2 aromatic rings. The van der Waals surface area contributed by atoms with E-state index in [0.717, 1.165) is 30.0 Å². The van der Waals surface area contributed by atoms with E-state index >= 15 is 0 Å². The van der Waals surface area contributed by atoms with E-state index in [1.165, 1.54) is 12.1 Å². The molecule has 0 unspecified atom stereocenters. The molecule has 28 heavy (non-hydrogen) atoms. The summed E-state index contributed by atoms with van der Waals surface area (Å²) in [4.78, 5) is 17.2. The molecule has 1 atom stereocenters. The van der Waals surface area contributed by atoms with Gasteiger partial charge in [-0.05, 0) is 29.7 Å². The molecular formula is C22H26ClFN2OS. The van der Waals surface area contributed by atoms with Crippen molar-refractivity contribution in [3.8, 4) is 0 Å². The Bertz CT molecular complexity index is 799. The average Bonchev–Trinajstić information content (AvgIpc) is 3.13. The zero-order valence-corrected chi connectivity index (χ0v) is 17.8. The standard InChI is InChI=1S/C22H26ClFN2OS/c1-16(2)13-25(14-17-7-9-18(24)10-8-17)15-21(27)26-11-12-28-22(26)19-5-3-4-6-20(19)23/h3-10,16,22H,11-15H2,1-2H3/t22-/m0/s1. The number of benzene rings is 2. The van der Waals surface area contributed by atoms with Gasteiger partial charge in [-0.3, -0.25) is 9.69 Å². The zero-order valence-electron chi connectivity index (χ0n) is 16.3. The smallest absolute Gasteiger partial charge is 0.237 e. The Morgan fingerprint density at radius 3 is 2.64 bits per heavy atom. The number of rotatable bonds is 7. The number of carbonyl (C=O) groups excluding carboxylic acids is 1. The summed E-state index contributed by atoms with van der Waals surface area (Å²) in [6, 6.07) is 14.2. The highest BCUT2D eigenvalue weighted by atomic mass is 35.5. The van der Waals surface area contributed by atoms with Crippen LogP contribution in [0.2, 0.25) is 5.02 Å². The van der Waals surface area contributed by atoms with Gasteiger partial charge in [-0.15, -0.1) is 11.8 Å². The van der Waals surface area contributed by atoms with Crippen LogP contribution >= 0.6 is 23.4 Å². The topological polar surface area (TPSA) is 23.6 Å². The van der Waals surface area contributed by atoms with Crippen molar-refractivity contribution in [2.24, 2.45) is 5.92 Å². The van der Waals surface area contributed by atoms with E-state index in [2.05, 4.69) is 18.7 Å². The van der Waals surface area contributed by atoms with Crippen molar-refractivity contribution in [1.82, 2.24) is 9.80 Å². The molecule has 150 valence electrons. The minimum atomic E-state index is -0.244. The van der Waals surface area contributed by atoms with Gasteiger partial charge in [-0.1, -0.05) is 55.8 Å². The van der Waals surface area contributed by atoms with Gasteiger partial charge in [-0.25, -0.2) is 4.39 Å². The molecule has 0 N–H and O–H groups in total. The fraction of sp³-hybridized carbons (Fsp3) is 0.409. The van der Waals surface area contributed by atoms with Gasteiger partial charge in [0.2, 0.25) is 5.91 Å². The number of halogens is 2. The first kappa shape index (κ1) is 21.2. The summed E-state index contributed by atoms with van der Waals surface area (Å²) in [7, 11) is 0. The largest absolute Gasteiger partial charge is 0.325 e. The van der Waals surface area contributed by atoms with Crippen molar-refractivity contribution in [1.29, 1.82) is 0 Å². The highest BCUT2D eigenvalue weighted by molar-refractivity contribution is 7.99. The molecule has 0 spiro atoms. The maximum atomic E-state index is 13.2. The van der Waals surface area contributed by atoms with Gasteiger partial charge >= 0.3 is 0 Å². The molecule has 1 aliphatic heterocycles. The van der Waals surface area contributed by atoms with E-state index in [4.69, 9.17) is 11.6 Å². The molecule has 0 bridgehead atoms. The maximum absolute atomic E-state index is 13.2. The lowest BCUT2D eigenvalue weighted by molar-refractivity contribution is -0.132. The third kappa shape index (κ3) is 5.49. The first-order chi connectivity index (χ1) is 13.4. The summed E-state index contributed by atoms with van der Waals surface area (Å²) in [6.45, 7) is 6.78. The highest BCUT2D eigenvalue weighted by Gasteiger charge is 2.32. The minimum absolute atomic E-state index is 0.0343. The van der Waals surface area contributed by atoms with E-state index in [1.54, 1.807) is 23.9 Å². The predicted molar refractivity (Wildman–Crippen MR) is 115 cm³/mol. The molecule has 0 saturated carbocycles. The molecule has 1 aliphatic rings. The lowest BCUT2D eigenvalue weighted by Crippen LogP contribution is -2.41. The van der Waals surface area contributed by atoms with Crippen LogP contribution in [0, 0.1) is 11.7 Å². The highest BCUT2D eigenvalue weighted by Crippen LogP contribution is 2.40. The second-order valence-corrected chi connectivity index (χ2v) is 9.12. The number of amides is 1. The Labute approximate surface area is 175 Å². The van der Waals surface area contributed by atoms with Crippen molar-refractivity contribution in [3.63, 3.8) is 0 Å². The number of carbonyl (C=O) groups is 1. The fourth-order valence-corrected chi connectivity index (χ4v) is 5.11. The summed E-state index contributed by atoms with van der Waals surface area (Å²) in [5.74, 6) is 1.20. The maximum Gasteiger partial charge on any atom is 0.237 e. The molecule has 6 heteroatoms. The molecule has 0 aliphatic carbocycles. The van der Waals surface area contributed by atoms with Crippen LogP contribution in [0.4, 0.5) is 4.39 Å². The Kier molecular flexibility index (Phi) is 7.38. The summed E-state index contributed by atoms with van der Waals surface area (Å²) in [5.41, 5.74) is 2.00. The van der Waals surface area contributed by atoms with Crippen LogP contribution in [0.15, 0.2) is 48.5 Å². The Hall–Kier alpha value is -1.56. The average molecular weight is 421 g/mol. The third-order valence-corrected chi connectivity index (χ3v) is 6.27. The van der Waals surface area contributed by atoms with Crippen LogP contribution in [0.25, 0.3) is 0 Å². The third-order valence-electron chi connectivity index (χ3n) is 4.68. The molecule has 3 rings (SSSR count). The SMILES string of the molecule is CC(C)CN(CC(=O)N1CCS[C@H]1c1ccccc1Cl)Cc1ccc(F)cc1. The van der Waals surface area contributed by atoms with E-state index in [-0.39, 0.29) is 17.1 Å². The van der Waals surface area contributed by atoms with E-state index in [0.29, 0.717) is 24.0 Å². The molecule has 0 aromatic heterocycles. The molecule has 1 saturated heterocycles. The van der Waals surface area contributed by atoms with Crippen molar-refractivity contribution >= 4 is 29.3 Å². The van der Waals surface area contributed by atoms with Gasteiger partial charge in [0, 0.05) is 36.0 Å². The van der Waals surface area contributed by atoms with Crippen LogP contribution < -0.4 is 0 Å². The van der Waals surface area contributed by atoms with Crippen molar-refractivity contribution < 1.29 is 9.18 Å². The molecule has 0 radical (unpaired) electrons. The molecule has 2 aromatic carbocycles. The number of nitrogens with zero attached hydrogens (tertiary/aromatic N) is 2. The molecule has 1 amide bonds. The van der Waals surface area contributed by atoms with Crippen molar-refractivity contribution in [3.05, 3.63) is 70.5 Å². The van der Waals surface area contributed by atoms with Crippen LogP contribution in [0.5, 0.6) is 0 Å². The van der Waals surface area contributed by atoms with Gasteiger partial charge in [0.05, 0.1) is 6.54 Å². The monoisotopic (exact) mass is 420 g/mol. The van der Waals surface area contributed by atoms with Gasteiger partial charge in [-0.2, -0.15) is 0 Å². The fourth-order valence-electron chi connectivity index (χ4n) is 3.49. The Morgan fingerprint density at radius 2 is 1.96 bits per heavy atom. The second-order valence-electron chi connectivity index (χ2n) is 7.52. The Balaban J connectivity index is 1.71. The predicted octanol–water partition coefficient (Wildman–Crippen LogP) is 5.21. The minimum Gasteiger partial charge on any atom is -0.325 e. The van der Waals surface area contributed by atoms with Crippen LogP contribution in [0.3, 0.4) is 0 Å². The van der Waals surface area contributed by atoms with Gasteiger partial charge in [0.25, 0.3) is 0 Å². The second kappa shape index (κ2) is 9.77. The number of hydrogen-bond acceptors (Lipinski definition) is 3. The summed E-state index contributed by atoms with van der Waals surface area (Å²) < 4.78 is 13.2. The summed E-state index contributed by atoms with van der Waals surface area (Å²) in [5, 5.41) is 0.665. The van der Waals surface area contributed by atoms with Crippen molar-refractivity contribution in [2.45, 2.75) is 25.8 Å². The molecule has 1 heterocycles. The first-order valence-corrected chi connectivity index (χ1v) is 11.0. The van der Waals surface area contributed by atoms with E-state index < -0.39 is 0 Å². The van der Waals surface area contributed by atoms with E-state index in [1.807, 2.05) is 29.2 Å². The number of thioether (sulfide) groups is 1. The van der Waals surface area contributed by atoms with Crippen LogP contribution in [-0.2, 0) is 11.3 Å². The first-order valence-electron chi connectivity index (χ1n) is 9.56. The zero-order chi connectivity index (χ0) is 20.1. The quantitative estimate of drug-likeness (QED) is 0.614. The molecular weight excluding hydrogens is 395 g/mol. The normalized spacial score (nSPS) is 16.9. The molecule has 1 fully saturated rings. The van der Waals surface area contributed by atoms with Crippen LogP contribution in [-0.4, -0.2) is 41.1 Å². The van der Waals surface area contributed by atoms with Crippen LogP contribution in [0.1, 0.15) is 30.3 Å². The van der Waals surface area contributed by atoms with Gasteiger partial charge in [0.15, 0.2) is 0 Å². The summed E-state index contributed by atoms with van der Waals surface area (Å²) in [6.07, 6.45) is 0. The lowest BCUT2D eigenvalue weighted by atomic mass is 10.1. The van der Waals surface area contributed by atoms with E-state index in [9.17, 15) is 9.18 Å². The van der Waals surface area contributed by atoms with Gasteiger partial charge < -0.3 is 4.90 Å². The van der Waals surface area contributed by atoms with Gasteiger partial charge in [0.1, 0.15) is 11.2 Å². The van der Waals surface area contributed by atoms with Crippen molar-refractivity contribution in [2.75, 3.05) is 25.4 Å². The Morgan fingerprint density at radius 1 is 1.25 bits per heavy atom. The summed E-state index contributed by atoms with van der Waals surface area (Å²) >= 11 is 8.13. The number of hydrogen-bond donors (Lipinski definition) is 0. The molecule has 3 nitrogen and oxygen atoms in total.